The second-order valence-electron chi connectivity index (χ2n) is 7.88. The van der Waals surface area contributed by atoms with E-state index in [1.54, 1.807) is 7.11 Å². The molecular formula is C22H29ClN2O5. The molecular weight excluding hydrogens is 408 g/mol. The molecule has 4 N–H and O–H groups in total. The molecule has 8 heteroatoms. The van der Waals surface area contributed by atoms with Gasteiger partial charge in [0.1, 0.15) is 17.2 Å². The Balaban J connectivity index is 0.00000320. The number of anilines is 1. The minimum absolute atomic E-state index is 0. The van der Waals surface area contributed by atoms with Gasteiger partial charge in [-0.2, -0.15) is 0 Å². The standard InChI is InChI=1S/C22H28N2O5.ClH/c1-22(2,9-8-14-4-6-16(28-3)7-5-14)23-12-19(26)17-10-15(25)11-18-21(17)29-13-20(27)24-18;/h4-7,10-11,19,23,25-26H,8-9,12-13H2,1-3H3,(H,24,27);1H/t19-;/m0./s1. The SMILES string of the molecule is COc1ccc(CCC(C)(C)NC[C@H](O)c2cc(O)cc3c2OCC(=O)N3)cc1.Cl. The Kier molecular flexibility index (Phi) is 7.95. The fourth-order valence-electron chi connectivity index (χ4n) is 3.28. The number of halogens is 1. The van der Waals surface area contributed by atoms with Crippen LogP contribution in [0, 0.1) is 0 Å². The minimum atomic E-state index is -0.897. The van der Waals surface area contributed by atoms with Gasteiger partial charge in [0.25, 0.3) is 5.91 Å². The van der Waals surface area contributed by atoms with Gasteiger partial charge in [0.2, 0.25) is 0 Å². The van der Waals surface area contributed by atoms with E-state index < -0.39 is 6.10 Å². The number of aliphatic hydroxyl groups is 1. The topological polar surface area (TPSA) is 100 Å². The van der Waals surface area contributed by atoms with E-state index in [0.717, 1.165) is 18.6 Å². The second-order valence-corrected chi connectivity index (χ2v) is 7.88. The number of β-amino-alcohol motifs (C(OH)–C–C–N with tert-alkyl or cyclic N) is 1. The number of aryl methyl sites for hydroxylation is 1. The number of carbonyl (C=O) groups is 1. The van der Waals surface area contributed by atoms with E-state index in [2.05, 4.69) is 36.6 Å². The summed E-state index contributed by atoms with van der Waals surface area (Å²) in [5.41, 5.74) is 1.81. The second kappa shape index (κ2) is 10.0. The summed E-state index contributed by atoms with van der Waals surface area (Å²) in [6.07, 6.45) is 0.860. The number of phenols is 1. The average molecular weight is 437 g/mol. The lowest BCUT2D eigenvalue weighted by atomic mass is 9.94. The fraction of sp³-hybridized carbons (Fsp3) is 0.409. The Bertz CT molecular complexity index is 871. The first-order valence-corrected chi connectivity index (χ1v) is 9.63. The molecule has 1 aliphatic rings. The van der Waals surface area contributed by atoms with Crippen LogP contribution in [0.1, 0.15) is 37.5 Å². The molecule has 0 saturated carbocycles. The number of methoxy groups -OCH3 is 1. The maximum absolute atomic E-state index is 11.5. The molecule has 1 heterocycles. The molecule has 0 bridgehead atoms. The highest BCUT2D eigenvalue weighted by atomic mass is 35.5. The van der Waals surface area contributed by atoms with E-state index >= 15 is 0 Å². The number of amides is 1. The van der Waals surface area contributed by atoms with Crippen molar-refractivity contribution in [3.05, 3.63) is 47.5 Å². The van der Waals surface area contributed by atoms with Gasteiger partial charge in [-0.15, -0.1) is 12.4 Å². The zero-order chi connectivity index (χ0) is 21.0. The van der Waals surface area contributed by atoms with Crippen LogP contribution >= 0.6 is 12.4 Å². The number of phenolic OH excluding ortho intramolecular Hbond substituents is 1. The van der Waals surface area contributed by atoms with Gasteiger partial charge in [-0.1, -0.05) is 12.1 Å². The fourth-order valence-corrected chi connectivity index (χ4v) is 3.28. The van der Waals surface area contributed by atoms with E-state index in [1.165, 1.54) is 17.7 Å². The van der Waals surface area contributed by atoms with Crippen molar-refractivity contribution >= 4 is 24.0 Å². The summed E-state index contributed by atoms with van der Waals surface area (Å²) in [6, 6.07) is 10.9. The Hall–Kier alpha value is -2.48. The monoisotopic (exact) mass is 436 g/mol. The molecule has 0 aliphatic carbocycles. The zero-order valence-corrected chi connectivity index (χ0v) is 18.2. The summed E-state index contributed by atoms with van der Waals surface area (Å²) >= 11 is 0. The lowest BCUT2D eigenvalue weighted by Gasteiger charge is -2.29. The summed E-state index contributed by atoms with van der Waals surface area (Å²) in [4.78, 5) is 11.5. The van der Waals surface area contributed by atoms with Gasteiger partial charge >= 0.3 is 0 Å². The maximum Gasteiger partial charge on any atom is 0.262 e. The van der Waals surface area contributed by atoms with E-state index in [4.69, 9.17) is 9.47 Å². The van der Waals surface area contributed by atoms with Crippen LogP contribution in [-0.2, 0) is 11.2 Å². The van der Waals surface area contributed by atoms with E-state index in [1.807, 2.05) is 12.1 Å². The van der Waals surface area contributed by atoms with Crippen LogP contribution < -0.4 is 20.1 Å². The van der Waals surface area contributed by atoms with Crippen LogP contribution in [0.15, 0.2) is 36.4 Å². The first-order chi connectivity index (χ1) is 13.8. The van der Waals surface area contributed by atoms with E-state index in [-0.39, 0.29) is 42.8 Å². The van der Waals surface area contributed by atoms with Crippen molar-refractivity contribution in [1.82, 2.24) is 5.32 Å². The van der Waals surface area contributed by atoms with Crippen molar-refractivity contribution in [3.8, 4) is 17.2 Å². The third-order valence-corrected chi connectivity index (χ3v) is 5.05. The number of carbonyl (C=O) groups excluding carboxylic acids is 1. The molecule has 1 amide bonds. The third-order valence-electron chi connectivity index (χ3n) is 5.05. The molecule has 0 radical (unpaired) electrons. The summed E-state index contributed by atoms with van der Waals surface area (Å²) in [5.74, 6) is 0.901. The van der Waals surface area contributed by atoms with Crippen LogP contribution in [0.2, 0.25) is 0 Å². The highest BCUT2D eigenvalue weighted by molar-refractivity contribution is 5.96. The van der Waals surface area contributed by atoms with Crippen LogP contribution in [0.5, 0.6) is 17.2 Å². The Morgan fingerprint density at radius 3 is 2.63 bits per heavy atom. The summed E-state index contributed by atoms with van der Waals surface area (Å²) < 4.78 is 10.7. The van der Waals surface area contributed by atoms with Crippen molar-refractivity contribution in [2.75, 3.05) is 25.6 Å². The van der Waals surface area contributed by atoms with Gasteiger partial charge in [-0.3, -0.25) is 4.79 Å². The van der Waals surface area contributed by atoms with Gasteiger partial charge < -0.3 is 30.3 Å². The summed E-state index contributed by atoms with van der Waals surface area (Å²) in [5, 5.41) is 26.7. The first-order valence-electron chi connectivity index (χ1n) is 9.63. The number of nitrogens with one attached hydrogen (secondary N) is 2. The molecule has 0 aromatic heterocycles. The van der Waals surface area contributed by atoms with Gasteiger partial charge in [-0.25, -0.2) is 0 Å². The third kappa shape index (κ3) is 6.01. The maximum atomic E-state index is 11.5. The lowest BCUT2D eigenvalue weighted by molar-refractivity contribution is -0.118. The number of hydrogen-bond acceptors (Lipinski definition) is 6. The Labute approximate surface area is 182 Å². The lowest BCUT2D eigenvalue weighted by Crippen LogP contribution is -2.42. The molecule has 2 aromatic rings. The molecule has 1 aliphatic heterocycles. The van der Waals surface area contributed by atoms with E-state index in [0.29, 0.717) is 17.0 Å². The first kappa shape index (κ1) is 23.8. The van der Waals surface area contributed by atoms with E-state index in [9.17, 15) is 15.0 Å². The minimum Gasteiger partial charge on any atom is -0.508 e. The molecule has 0 spiro atoms. The van der Waals surface area contributed by atoms with Crippen molar-refractivity contribution in [1.29, 1.82) is 0 Å². The number of aliphatic hydroxyl groups excluding tert-OH is 1. The van der Waals surface area contributed by atoms with Crippen molar-refractivity contribution in [3.63, 3.8) is 0 Å². The van der Waals surface area contributed by atoms with Crippen LogP contribution in [0.25, 0.3) is 0 Å². The molecule has 3 rings (SSSR count). The Morgan fingerprint density at radius 2 is 1.97 bits per heavy atom. The van der Waals surface area contributed by atoms with Gasteiger partial charge in [-0.05, 0) is 50.5 Å². The molecule has 30 heavy (non-hydrogen) atoms. The molecule has 0 saturated heterocycles. The normalized spacial score (nSPS) is 14.1. The van der Waals surface area contributed by atoms with Gasteiger partial charge in [0, 0.05) is 23.7 Å². The average Bonchev–Trinajstić information content (AvgIpc) is 2.70. The smallest absolute Gasteiger partial charge is 0.262 e. The molecule has 1 atom stereocenters. The highest BCUT2D eigenvalue weighted by Crippen LogP contribution is 2.38. The van der Waals surface area contributed by atoms with Crippen molar-refractivity contribution in [2.24, 2.45) is 0 Å². The van der Waals surface area contributed by atoms with Crippen molar-refractivity contribution in [2.45, 2.75) is 38.3 Å². The van der Waals surface area contributed by atoms with Gasteiger partial charge in [0.15, 0.2) is 6.61 Å². The number of hydrogen-bond donors (Lipinski definition) is 4. The molecule has 0 fully saturated rings. The summed E-state index contributed by atoms with van der Waals surface area (Å²) in [6.45, 7) is 4.33. The van der Waals surface area contributed by atoms with Crippen molar-refractivity contribution < 1.29 is 24.5 Å². The number of benzene rings is 2. The number of rotatable bonds is 8. The predicted molar refractivity (Wildman–Crippen MR) is 118 cm³/mol. The quantitative estimate of drug-likeness (QED) is 0.507. The van der Waals surface area contributed by atoms with Crippen LogP contribution in [0.4, 0.5) is 5.69 Å². The van der Waals surface area contributed by atoms with Gasteiger partial charge in [0.05, 0.1) is 18.9 Å². The zero-order valence-electron chi connectivity index (χ0n) is 17.4. The number of fused-ring (bicyclic) bond motifs is 1. The number of ether oxygens (including phenoxy) is 2. The number of aromatic hydroxyl groups is 1. The molecule has 2 aromatic carbocycles. The summed E-state index contributed by atoms with van der Waals surface area (Å²) in [7, 11) is 1.65. The molecule has 164 valence electrons. The largest absolute Gasteiger partial charge is 0.508 e. The molecule has 7 nitrogen and oxygen atoms in total. The highest BCUT2D eigenvalue weighted by Gasteiger charge is 2.26. The van der Waals surface area contributed by atoms with Crippen LogP contribution in [0.3, 0.4) is 0 Å². The predicted octanol–water partition coefficient (Wildman–Crippen LogP) is 3.19. The van der Waals surface area contributed by atoms with Crippen LogP contribution in [-0.4, -0.2) is 41.9 Å². The Morgan fingerprint density at radius 1 is 1.27 bits per heavy atom. The molecule has 0 unspecified atom stereocenters.